The molecule has 4 saturated carbocycles. The SMILES string of the molecule is COc1cccc(-c2sc(C=C3SC(=S)N(C4C5CC6CC(C5)CC4C6)C3=O)cc2C#CCCCO)c1. The van der Waals surface area contributed by atoms with Crippen molar-refractivity contribution >= 4 is 51.6 Å². The molecule has 0 atom stereocenters. The quantitative estimate of drug-likeness (QED) is 0.191. The van der Waals surface area contributed by atoms with Gasteiger partial charge in [0.05, 0.1) is 16.9 Å². The zero-order valence-corrected chi connectivity index (χ0v) is 23.4. The highest BCUT2D eigenvalue weighted by molar-refractivity contribution is 8.26. The van der Waals surface area contributed by atoms with Crippen molar-refractivity contribution in [2.24, 2.45) is 23.7 Å². The third-order valence-electron chi connectivity index (χ3n) is 8.34. The number of hydrogen-bond donors (Lipinski definition) is 1. The van der Waals surface area contributed by atoms with Gasteiger partial charge in [-0.25, -0.2) is 0 Å². The number of thiocarbonyl (C=S) groups is 1. The summed E-state index contributed by atoms with van der Waals surface area (Å²) in [5.41, 5.74) is 1.97. The highest BCUT2D eigenvalue weighted by Gasteiger charge is 2.53. The van der Waals surface area contributed by atoms with E-state index in [-0.39, 0.29) is 18.6 Å². The molecule has 0 spiro atoms. The Kier molecular flexibility index (Phi) is 7.19. The van der Waals surface area contributed by atoms with Crippen molar-refractivity contribution in [2.75, 3.05) is 13.7 Å². The van der Waals surface area contributed by atoms with Gasteiger partial charge in [0.1, 0.15) is 10.1 Å². The molecule has 1 aromatic carbocycles. The second kappa shape index (κ2) is 10.6. The van der Waals surface area contributed by atoms with E-state index < -0.39 is 0 Å². The van der Waals surface area contributed by atoms with Gasteiger partial charge in [0.2, 0.25) is 0 Å². The molecule has 2 aromatic rings. The average Bonchev–Trinajstić information content (AvgIpc) is 3.41. The minimum atomic E-state index is 0.0828. The van der Waals surface area contributed by atoms with Crippen molar-refractivity contribution in [3.8, 4) is 28.0 Å². The molecule has 4 aliphatic carbocycles. The first kappa shape index (κ1) is 25.2. The Bertz CT molecular complexity index is 1290. The fourth-order valence-corrected chi connectivity index (χ4v) is 9.53. The Morgan fingerprint density at radius 2 is 1.92 bits per heavy atom. The molecule has 5 aliphatic rings. The molecule has 1 saturated heterocycles. The first-order valence-electron chi connectivity index (χ1n) is 13.2. The van der Waals surface area contributed by atoms with Crippen LogP contribution in [0.15, 0.2) is 35.2 Å². The Morgan fingerprint density at radius 1 is 1.16 bits per heavy atom. The molecule has 7 rings (SSSR count). The van der Waals surface area contributed by atoms with Gasteiger partial charge in [0.15, 0.2) is 0 Å². The maximum Gasteiger partial charge on any atom is 0.266 e. The lowest BCUT2D eigenvalue weighted by Gasteiger charge is -2.56. The molecular formula is C30H31NO3S3. The molecule has 4 bridgehead atoms. The standard InChI is InChI=1S/C30H31NO3S3/c1-34-24-8-5-7-20(15-24)28-21(6-3-2-4-9-32)16-25(36-28)17-26-29(33)31(30(35)37-26)27-22-11-18-10-19(13-22)14-23(27)12-18/h5,7-8,15-19,22-23,27,32H,2,4,9-14H2,1H3. The minimum absolute atomic E-state index is 0.0828. The summed E-state index contributed by atoms with van der Waals surface area (Å²) in [5, 5.41) is 9.11. The van der Waals surface area contributed by atoms with Crippen LogP contribution in [0, 0.1) is 35.5 Å². The lowest BCUT2D eigenvalue weighted by Crippen LogP contribution is -2.57. The highest BCUT2D eigenvalue weighted by atomic mass is 32.2. The predicted molar refractivity (Wildman–Crippen MR) is 155 cm³/mol. The Balaban J connectivity index is 1.30. The Hall–Kier alpha value is -2.11. The van der Waals surface area contributed by atoms with Crippen molar-refractivity contribution in [3.05, 3.63) is 45.7 Å². The Morgan fingerprint density at radius 3 is 2.62 bits per heavy atom. The summed E-state index contributed by atoms with van der Waals surface area (Å²) >= 11 is 8.89. The number of benzene rings is 1. The molecule has 37 heavy (non-hydrogen) atoms. The van der Waals surface area contributed by atoms with Crippen LogP contribution >= 0.6 is 35.3 Å². The number of amides is 1. The van der Waals surface area contributed by atoms with Crippen LogP contribution in [-0.4, -0.2) is 40.0 Å². The van der Waals surface area contributed by atoms with Gasteiger partial charge in [-0.1, -0.05) is 48.0 Å². The number of thiophene rings is 1. The van der Waals surface area contributed by atoms with Gasteiger partial charge >= 0.3 is 0 Å². The Labute approximate surface area is 232 Å². The number of carbonyl (C=O) groups is 1. The lowest BCUT2D eigenvalue weighted by atomic mass is 9.54. The summed E-state index contributed by atoms with van der Waals surface area (Å²) in [6, 6.07) is 10.3. The topological polar surface area (TPSA) is 49.8 Å². The van der Waals surface area contributed by atoms with Crippen LogP contribution in [0.3, 0.4) is 0 Å². The van der Waals surface area contributed by atoms with E-state index in [2.05, 4.69) is 24.0 Å². The predicted octanol–water partition coefficient (Wildman–Crippen LogP) is 6.57. The van der Waals surface area contributed by atoms with Crippen LogP contribution in [0.2, 0.25) is 0 Å². The van der Waals surface area contributed by atoms with Gasteiger partial charge in [-0.05, 0) is 92.0 Å². The summed E-state index contributed by atoms with van der Waals surface area (Å²) < 4.78 is 6.16. The molecule has 1 aliphatic heterocycles. The van der Waals surface area contributed by atoms with E-state index in [1.165, 1.54) is 43.9 Å². The first-order chi connectivity index (χ1) is 18.0. The zero-order valence-electron chi connectivity index (χ0n) is 20.9. The molecule has 4 nitrogen and oxygen atoms in total. The molecular weight excluding hydrogens is 519 g/mol. The number of thioether (sulfide) groups is 1. The molecule has 2 heterocycles. The van der Waals surface area contributed by atoms with Gasteiger partial charge in [0.25, 0.3) is 5.91 Å². The van der Waals surface area contributed by atoms with E-state index in [1.54, 1.807) is 18.4 Å². The molecule has 0 unspecified atom stereocenters. The van der Waals surface area contributed by atoms with Gasteiger partial charge in [-0.3, -0.25) is 9.69 Å². The zero-order chi connectivity index (χ0) is 25.5. The average molecular weight is 550 g/mol. The van der Waals surface area contributed by atoms with Gasteiger partial charge in [-0.15, -0.1) is 11.3 Å². The molecule has 1 amide bonds. The van der Waals surface area contributed by atoms with Gasteiger partial charge in [-0.2, -0.15) is 0 Å². The van der Waals surface area contributed by atoms with Crippen LogP contribution in [0.5, 0.6) is 5.75 Å². The van der Waals surface area contributed by atoms with E-state index in [0.717, 1.165) is 47.7 Å². The van der Waals surface area contributed by atoms with Crippen LogP contribution in [-0.2, 0) is 4.79 Å². The third-order valence-corrected chi connectivity index (χ3v) is 10.8. The lowest BCUT2D eigenvalue weighted by molar-refractivity contribution is -0.130. The molecule has 1 aromatic heterocycles. The molecule has 0 radical (unpaired) electrons. The number of unbranched alkanes of at least 4 members (excludes halogenated alkanes) is 1. The van der Waals surface area contributed by atoms with Gasteiger partial charge < -0.3 is 9.84 Å². The number of aliphatic hydroxyl groups is 1. The number of hydrogen-bond acceptors (Lipinski definition) is 6. The van der Waals surface area contributed by atoms with E-state index in [0.29, 0.717) is 24.7 Å². The number of carbonyl (C=O) groups excluding carboxylic acids is 1. The number of ether oxygens (including phenoxy) is 1. The number of aliphatic hydroxyl groups excluding tert-OH is 1. The molecule has 7 heteroatoms. The summed E-state index contributed by atoms with van der Waals surface area (Å²) in [5.74, 6) is 10.3. The third kappa shape index (κ3) is 4.90. The van der Waals surface area contributed by atoms with Crippen molar-refractivity contribution in [2.45, 2.75) is 51.0 Å². The van der Waals surface area contributed by atoms with E-state index in [4.69, 9.17) is 22.1 Å². The van der Waals surface area contributed by atoms with Crippen molar-refractivity contribution in [3.63, 3.8) is 0 Å². The van der Waals surface area contributed by atoms with E-state index >= 15 is 0 Å². The van der Waals surface area contributed by atoms with Crippen molar-refractivity contribution in [1.82, 2.24) is 4.90 Å². The number of methoxy groups -OCH3 is 1. The summed E-state index contributed by atoms with van der Waals surface area (Å²) in [6.45, 7) is 0.137. The molecule has 192 valence electrons. The second-order valence-corrected chi connectivity index (χ2v) is 13.5. The summed E-state index contributed by atoms with van der Waals surface area (Å²) in [7, 11) is 1.67. The summed E-state index contributed by atoms with van der Waals surface area (Å²) in [4.78, 5) is 18.5. The fraction of sp³-hybridized carbons (Fsp3) is 0.467. The van der Waals surface area contributed by atoms with E-state index in [1.807, 2.05) is 29.2 Å². The van der Waals surface area contributed by atoms with Crippen LogP contribution in [0.25, 0.3) is 16.5 Å². The number of rotatable bonds is 6. The first-order valence-corrected chi connectivity index (χ1v) is 15.2. The van der Waals surface area contributed by atoms with E-state index in [9.17, 15) is 4.79 Å². The molecule has 1 N–H and O–H groups in total. The monoisotopic (exact) mass is 549 g/mol. The molecule has 5 fully saturated rings. The number of nitrogens with zero attached hydrogens (tertiary/aromatic N) is 1. The van der Waals surface area contributed by atoms with Crippen molar-refractivity contribution in [1.29, 1.82) is 0 Å². The van der Waals surface area contributed by atoms with Gasteiger partial charge in [0, 0.05) is 29.5 Å². The largest absolute Gasteiger partial charge is 0.497 e. The second-order valence-electron chi connectivity index (χ2n) is 10.7. The summed E-state index contributed by atoms with van der Waals surface area (Å²) in [6.07, 6.45) is 9.76. The van der Waals surface area contributed by atoms with Crippen LogP contribution < -0.4 is 4.74 Å². The minimum Gasteiger partial charge on any atom is -0.497 e. The normalized spacial score (nSPS) is 29.2. The smallest absolute Gasteiger partial charge is 0.266 e. The van der Waals surface area contributed by atoms with Crippen LogP contribution in [0.4, 0.5) is 0 Å². The van der Waals surface area contributed by atoms with Crippen LogP contribution in [0.1, 0.15) is 55.4 Å². The van der Waals surface area contributed by atoms with Crippen molar-refractivity contribution < 1.29 is 14.6 Å². The maximum atomic E-state index is 13.7. The fourth-order valence-electron chi connectivity index (χ4n) is 7.06. The highest BCUT2D eigenvalue weighted by Crippen LogP contribution is 2.56. The maximum absolute atomic E-state index is 13.7.